The van der Waals surface area contributed by atoms with Gasteiger partial charge in [-0.3, -0.25) is 19.7 Å². The molecule has 1 N–H and O–H groups in total. The highest BCUT2D eigenvalue weighted by Crippen LogP contribution is 2.37. The Morgan fingerprint density at radius 3 is 2.31 bits per heavy atom. The van der Waals surface area contributed by atoms with Gasteiger partial charge in [0.2, 0.25) is 0 Å². The summed E-state index contributed by atoms with van der Waals surface area (Å²) >= 11 is 0. The molecule has 3 rings (SSSR count). The van der Waals surface area contributed by atoms with Crippen LogP contribution in [-0.2, 0) is 15.7 Å². The van der Waals surface area contributed by atoms with Gasteiger partial charge in [0.1, 0.15) is 0 Å². The van der Waals surface area contributed by atoms with E-state index < -0.39 is 57.6 Å². The number of amides is 1. The Morgan fingerprint density at radius 2 is 1.74 bits per heavy atom. The van der Waals surface area contributed by atoms with Gasteiger partial charge in [0.15, 0.2) is 11.8 Å². The van der Waals surface area contributed by atoms with Gasteiger partial charge in [-0.05, 0) is 32.9 Å². The predicted octanol–water partition coefficient (Wildman–Crippen LogP) is 4.09. The summed E-state index contributed by atoms with van der Waals surface area (Å²) in [5.74, 6) is -2.18. The minimum absolute atomic E-state index is 0.182. The van der Waals surface area contributed by atoms with Crippen molar-refractivity contribution in [3.05, 3.63) is 74.2 Å². The molecule has 13 heteroatoms. The fraction of sp³-hybridized carbons (Fsp3) is 0.273. The van der Waals surface area contributed by atoms with Crippen molar-refractivity contribution in [2.24, 2.45) is 0 Å². The lowest BCUT2D eigenvalue weighted by Gasteiger charge is -2.17. The van der Waals surface area contributed by atoms with Gasteiger partial charge in [-0.15, -0.1) is 0 Å². The molecule has 0 aliphatic heterocycles. The molecule has 2 aromatic carbocycles. The maximum atomic E-state index is 13.4. The van der Waals surface area contributed by atoms with Crippen LogP contribution in [0.2, 0.25) is 0 Å². The van der Waals surface area contributed by atoms with Gasteiger partial charge < -0.3 is 10.1 Å². The number of halogens is 3. The number of hydrogen-bond acceptors (Lipinski definition) is 7. The number of alkyl halides is 3. The number of carbonyl (C=O) groups excluding carboxylic acids is 2. The SMILES string of the molecule is CC(OC(=O)c1nn(C(C)C)c(=O)c2ccccc12)C(=O)Nc1ccc([N+](=O)[O-])cc1C(F)(F)F. The minimum Gasteiger partial charge on any atom is -0.448 e. The van der Waals surface area contributed by atoms with Gasteiger partial charge in [0, 0.05) is 17.5 Å². The molecule has 3 aromatic rings. The number of rotatable bonds is 6. The highest BCUT2D eigenvalue weighted by Gasteiger charge is 2.36. The van der Waals surface area contributed by atoms with Crippen LogP contribution in [0.4, 0.5) is 24.5 Å². The van der Waals surface area contributed by atoms with E-state index >= 15 is 0 Å². The Bertz CT molecular complexity index is 1380. The molecule has 1 aromatic heterocycles. The average Bonchev–Trinajstić information content (AvgIpc) is 2.78. The smallest absolute Gasteiger partial charge is 0.418 e. The summed E-state index contributed by atoms with van der Waals surface area (Å²) in [6, 6.07) is 7.57. The van der Waals surface area contributed by atoms with Crippen LogP contribution >= 0.6 is 0 Å². The maximum absolute atomic E-state index is 13.4. The van der Waals surface area contributed by atoms with Crippen LogP contribution in [0.15, 0.2) is 47.3 Å². The zero-order chi connectivity index (χ0) is 26.1. The third-order valence-corrected chi connectivity index (χ3v) is 4.94. The average molecular weight is 492 g/mol. The van der Waals surface area contributed by atoms with Crippen LogP contribution in [0.25, 0.3) is 10.8 Å². The van der Waals surface area contributed by atoms with Crippen LogP contribution in [0.1, 0.15) is 42.9 Å². The molecule has 184 valence electrons. The number of nitrogens with one attached hydrogen (secondary N) is 1. The summed E-state index contributed by atoms with van der Waals surface area (Å²) in [7, 11) is 0. The fourth-order valence-electron chi connectivity index (χ4n) is 3.20. The standard InChI is InChI=1S/C22H19F3N4O6/c1-11(2)28-20(31)15-7-5-4-6-14(15)18(27-28)21(32)35-12(3)19(30)26-17-9-8-13(29(33)34)10-16(17)22(23,24)25/h4-12H,1-3H3,(H,26,30). The van der Waals surface area contributed by atoms with E-state index in [-0.39, 0.29) is 22.5 Å². The summed E-state index contributed by atoms with van der Waals surface area (Å²) in [4.78, 5) is 47.8. The molecule has 1 heterocycles. The van der Waals surface area contributed by atoms with Crippen molar-refractivity contribution in [2.45, 2.75) is 39.1 Å². The number of carbonyl (C=O) groups is 2. The quantitative estimate of drug-likeness (QED) is 0.311. The molecule has 0 saturated carbocycles. The van der Waals surface area contributed by atoms with Crippen molar-refractivity contribution in [3.63, 3.8) is 0 Å². The van der Waals surface area contributed by atoms with Crippen LogP contribution in [-0.4, -0.2) is 32.7 Å². The third-order valence-electron chi connectivity index (χ3n) is 4.94. The number of hydrogen-bond donors (Lipinski definition) is 1. The zero-order valence-electron chi connectivity index (χ0n) is 18.6. The lowest BCUT2D eigenvalue weighted by molar-refractivity contribution is -0.385. The van der Waals surface area contributed by atoms with E-state index in [0.29, 0.717) is 0 Å². The highest BCUT2D eigenvalue weighted by atomic mass is 19.4. The zero-order valence-corrected chi connectivity index (χ0v) is 18.6. The molecule has 0 saturated heterocycles. The first-order valence-corrected chi connectivity index (χ1v) is 10.2. The number of nitro benzene ring substituents is 1. The van der Waals surface area contributed by atoms with E-state index in [2.05, 4.69) is 5.10 Å². The van der Waals surface area contributed by atoms with Crippen LogP contribution in [0.5, 0.6) is 0 Å². The third kappa shape index (κ3) is 5.28. The van der Waals surface area contributed by atoms with Crippen molar-refractivity contribution in [1.82, 2.24) is 9.78 Å². The summed E-state index contributed by atoms with van der Waals surface area (Å²) in [5, 5.41) is 17.2. The van der Waals surface area contributed by atoms with Crippen LogP contribution in [0, 0.1) is 10.1 Å². The van der Waals surface area contributed by atoms with E-state index in [0.717, 1.165) is 23.7 Å². The number of ether oxygens (including phenoxy) is 1. The summed E-state index contributed by atoms with van der Waals surface area (Å²) in [6.07, 6.45) is -6.57. The van der Waals surface area contributed by atoms with Gasteiger partial charge in [-0.2, -0.15) is 18.3 Å². The largest absolute Gasteiger partial charge is 0.448 e. The van der Waals surface area contributed by atoms with Gasteiger partial charge in [0.25, 0.3) is 17.2 Å². The number of non-ortho nitro benzene ring substituents is 1. The van der Waals surface area contributed by atoms with Gasteiger partial charge in [-0.25, -0.2) is 9.48 Å². The molecular weight excluding hydrogens is 473 g/mol. The van der Waals surface area contributed by atoms with E-state index in [4.69, 9.17) is 4.74 Å². The lowest BCUT2D eigenvalue weighted by atomic mass is 10.1. The molecular formula is C22H19F3N4O6. The topological polar surface area (TPSA) is 133 Å². The van der Waals surface area contributed by atoms with E-state index in [1.165, 1.54) is 12.1 Å². The minimum atomic E-state index is -5.00. The Morgan fingerprint density at radius 1 is 1.11 bits per heavy atom. The second kappa shape index (κ2) is 9.52. The number of nitrogens with zero attached hydrogens (tertiary/aromatic N) is 3. The monoisotopic (exact) mass is 492 g/mol. The molecule has 35 heavy (non-hydrogen) atoms. The van der Waals surface area contributed by atoms with Gasteiger partial charge in [-0.1, -0.05) is 18.2 Å². The molecule has 1 unspecified atom stereocenters. The van der Waals surface area contributed by atoms with E-state index in [1.807, 2.05) is 5.32 Å². The normalized spacial score (nSPS) is 12.4. The van der Waals surface area contributed by atoms with Crippen molar-refractivity contribution in [1.29, 1.82) is 0 Å². The van der Waals surface area contributed by atoms with Crippen LogP contribution in [0.3, 0.4) is 0 Å². The van der Waals surface area contributed by atoms with Crippen molar-refractivity contribution in [3.8, 4) is 0 Å². The molecule has 0 aliphatic carbocycles. The number of nitro groups is 1. The number of esters is 1. The maximum Gasteiger partial charge on any atom is 0.418 e. The molecule has 0 radical (unpaired) electrons. The first-order valence-electron chi connectivity index (χ1n) is 10.2. The molecule has 0 bridgehead atoms. The van der Waals surface area contributed by atoms with Crippen LogP contribution < -0.4 is 10.9 Å². The molecule has 1 amide bonds. The lowest BCUT2D eigenvalue weighted by Crippen LogP contribution is -2.32. The molecule has 1 atom stereocenters. The number of anilines is 1. The molecule has 0 aliphatic rings. The molecule has 10 nitrogen and oxygen atoms in total. The van der Waals surface area contributed by atoms with Gasteiger partial charge in [0.05, 0.1) is 27.6 Å². The predicted molar refractivity (Wildman–Crippen MR) is 118 cm³/mol. The summed E-state index contributed by atoms with van der Waals surface area (Å²) < 4.78 is 46.3. The highest BCUT2D eigenvalue weighted by molar-refractivity contribution is 6.03. The first kappa shape index (κ1) is 25.3. The number of fused-ring (bicyclic) bond motifs is 1. The second-order valence-corrected chi connectivity index (χ2v) is 7.76. The Kier molecular flexibility index (Phi) is 6.89. The Labute approximate surface area is 195 Å². The van der Waals surface area contributed by atoms with E-state index in [1.54, 1.807) is 26.0 Å². The Hall–Kier alpha value is -4.29. The van der Waals surface area contributed by atoms with Gasteiger partial charge >= 0.3 is 12.1 Å². The summed E-state index contributed by atoms with van der Waals surface area (Å²) in [6.45, 7) is 4.49. The van der Waals surface area contributed by atoms with E-state index in [9.17, 15) is 37.7 Å². The number of benzene rings is 2. The van der Waals surface area contributed by atoms with Crippen molar-refractivity contribution >= 4 is 34.0 Å². The Balaban J connectivity index is 1.89. The van der Waals surface area contributed by atoms with Crippen molar-refractivity contribution in [2.75, 3.05) is 5.32 Å². The molecule has 0 spiro atoms. The first-order chi connectivity index (χ1) is 16.3. The summed E-state index contributed by atoms with van der Waals surface area (Å²) in [5.41, 5.74) is -3.67. The second-order valence-electron chi connectivity index (χ2n) is 7.76. The molecule has 0 fully saturated rings. The van der Waals surface area contributed by atoms with Crippen molar-refractivity contribution < 1.29 is 32.4 Å². The number of aromatic nitrogens is 2. The fourth-order valence-corrected chi connectivity index (χ4v) is 3.20.